The predicted octanol–water partition coefficient (Wildman–Crippen LogP) is 2.18. The number of hydrogen-bond donors (Lipinski definition) is 2. The fraction of sp³-hybridized carbons (Fsp3) is 0.529. The third-order valence-corrected chi connectivity index (χ3v) is 3.71. The Morgan fingerprint density at radius 3 is 2.96 bits per heavy atom. The molecule has 0 spiro atoms. The number of aliphatic imine (C=N–C) groups is 1. The van der Waals surface area contributed by atoms with Crippen molar-refractivity contribution in [3.63, 3.8) is 0 Å². The van der Waals surface area contributed by atoms with Crippen molar-refractivity contribution in [1.29, 1.82) is 5.26 Å². The van der Waals surface area contributed by atoms with E-state index in [1.807, 2.05) is 6.07 Å². The molecule has 1 unspecified atom stereocenters. The van der Waals surface area contributed by atoms with Crippen LogP contribution in [0.4, 0.5) is 4.39 Å². The second kappa shape index (κ2) is 12.0. The topological polar surface area (TPSA) is 78.7 Å². The van der Waals surface area contributed by atoms with Gasteiger partial charge in [0.25, 0.3) is 0 Å². The van der Waals surface area contributed by atoms with Gasteiger partial charge in [-0.15, -0.1) is 24.0 Å². The molecule has 1 atom stereocenters. The van der Waals surface area contributed by atoms with Crippen LogP contribution in [0.1, 0.15) is 24.0 Å². The van der Waals surface area contributed by atoms with E-state index in [0.29, 0.717) is 43.4 Å². The van der Waals surface area contributed by atoms with Crippen molar-refractivity contribution in [1.82, 2.24) is 10.6 Å². The number of benzene rings is 1. The van der Waals surface area contributed by atoms with Crippen LogP contribution in [0.15, 0.2) is 23.2 Å². The van der Waals surface area contributed by atoms with Gasteiger partial charge in [0.1, 0.15) is 5.82 Å². The first-order valence-electron chi connectivity index (χ1n) is 8.05. The Morgan fingerprint density at radius 1 is 1.48 bits per heavy atom. The summed E-state index contributed by atoms with van der Waals surface area (Å²) in [5, 5.41) is 15.0. The van der Waals surface area contributed by atoms with Crippen LogP contribution < -0.4 is 10.6 Å². The van der Waals surface area contributed by atoms with Gasteiger partial charge in [0.05, 0.1) is 24.3 Å². The Bertz CT molecular complexity index is 601. The lowest BCUT2D eigenvalue weighted by molar-refractivity contribution is 0.0420. The Labute approximate surface area is 164 Å². The van der Waals surface area contributed by atoms with Gasteiger partial charge in [-0.1, -0.05) is 6.07 Å². The average molecular weight is 462 g/mol. The monoisotopic (exact) mass is 462 g/mol. The molecule has 0 saturated carbocycles. The lowest BCUT2D eigenvalue weighted by Crippen LogP contribution is -2.37. The highest BCUT2D eigenvalue weighted by Crippen LogP contribution is 2.10. The van der Waals surface area contributed by atoms with Gasteiger partial charge in [-0.3, -0.25) is 4.99 Å². The Morgan fingerprint density at radius 2 is 2.32 bits per heavy atom. The third-order valence-electron chi connectivity index (χ3n) is 3.71. The van der Waals surface area contributed by atoms with Crippen molar-refractivity contribution in [2.75, 3.05) is 33.4 Å². The van der Waals surface area contributed by atoms with E-state index in [0.717, 1.165) is 19.4 Å². The lowest BCUT2D eigenvalue weighted by atomic mass is 10.1. The fourth-order valence-corrected chi connectivity index (χ4v) is 2.33. The minimum Gasteiger partial charge on any atom is -0.379 e. The molecule has 1 heterocycles. The minimum absolute atomic E-state index is 0. The number of nitriles is 1. The average Bonchev–Trinajstić information content (AvgIpc) is 3.11. The molecule has 1 fully saturated rings. The van der Waals surface area contributed by atoms with Crippen LogP contribution in [-0.2, 0) is 16.0 Å². The number of guanidine groups is 1. The Balaban J connectivity index is 0.00000312. The third kappa shape index (κ3) is 7.54. The Hall–Kier alpha value is -1.44. The van der Waals surface area contributed by atoms with Crippen molar-refractivity contribution in [2.45, 2.75) is 25.5 Å². The molecular weight excluding hydrogens is 438 g/mol. The SMILES string of the molecule is CN=C(NCCCOC1CCOC1)NCc1ccc(C#N)cc1F.I. The van der Waals surface area contributed by atoms with E-state index < -0.39 is 5.82 Å². The highest BCUT2D eigenvalue weighted by atomic mass is 127. The standard InChI is InChI=1S/C17H23FN4O2.HI/c1-20-17(21-6-2-7-24-15-5-8-23-12-15)22-11-14-4-3-13(10-19)9-16(14)18;/h3-4,9,15H,2,5-8,11-12H2,1H3,(H2,20,21,22);1H. The molecule has 25 heavy (non-hydrogen) atoms. The highest BCUT2D eigenvalue weighted by molar-refractivity contribution is 14.0. The Kier molecular flexibility index (Phi) is 10.4. The summed E-state index contributed by atoms with van der Waals surface area (Å²) in [7, 11) is 1.66. The normalized spacial score (nSPS) is 16.8. The molecular formula is C17H24FIN4O2. The summed E-state index contributed by atoms with van der Waals surface area (Å²) in [5.41, 5.74) is 0.799. The van der Waals surface area contributed by atoms with Crippen LogP contribution in [0.3, 0.4) is 0 Å². The largest absolute Gasteiger partial charge is 0.379 e. The molecule has 0 bridgehead atoms. The molecule has 1 aromatic rings. The quantitative estimate of drug-likeness (QED) is 0.281. The van der Waals surface area contributed by atoms with Crippen molar-refractivity contribution in [3.05, 3.63) is 35.1 Å². The molecule has 138 valence electrons. The summed E-state index contributed by atoms with van der Waals surface area (Å²) in [6.45, 7) is 3.15. The van der Waals surface area contributed by atoms with Gasteiger partial charge >= 0.3 is 0 Å². The summed E-state index contributed by atoms with van der Waals surface area (Å²) in [4.78, 5) is 4.10. The zero-order chi connectivity index (χ0) is 17.2. The summed E-state index contributed by atoms with van der Waals surface area (Å²) < 4.78 is 24.7. The van der Waals surface area contributed by atoms with Gasteiger partial charge in [-0.25, -0.2) is 4.39 Å². The maximum absolute atomic E-state index is 13.8. The molecule has 1 aromatic carbocycles. The van der Waals surface area contributed by atoms with Gasteiger partial charge in [-0.2, -0.15) is 5.26 Å². The second-order valence-electron chi connectivity index (χ2n) is 5.48. The first-order chi connectivity index (χ1) is 11.7. The van der Waals surface area contributed by atoms with E-state index >= 15 is 0 Å². The number of nitrogens with zero attached hydrogens (tertiary/aromatic N) is 2. The summed E-state index contributed by atoms with van der Waals surface area (Å²) in [5.74, 6) is 0.201. The van der Waals surface area contributed by atoms with Crippen molar-refractivity contribution >= 4 is 29.9 Å². The molecule has 1 aliphatic rings. The van der Waals surface area contributed by atoms with E-state index in [1.54, 1.807) is 19.2 Å². The van der Waals surface area contributed by atoms with Crippen LogP contribution in [0.25, 0.3) is 0 Å². The summed E-state index contributed by atoms with van der Waals surface area (Å²) in [6.07, 6.45) is 2.04. The maximum atomic E-state index is 13.8. The van der Waals surface area contributed by atoms with E-state index in [2.05, 4.69) is 15.6 Å². The molecule has 0 radical (unpaired) electrons. The molecule has 1 aliphatic heterocycles. The second-order valence-corrected chi connectivity index (χ2v) is 5.48. The number of rotatable bonds is 7. The number of halogens is 2. The smallest absolute Gasteiger partial charge is 0.191 e. The zero-order valence-corrected chi connectivity index (χ0v) is 16.6. The van der Waals surface area contributed by atoms with Gasteiger partial charge in [-0.05, 0) is 25.0 Å². The molecule has 6 nitrogen and oxygen atoms in total. The molecule has 1 saturated heterocycles. The predicted molar refractivity (Wildman–Crippen MR) is 105 cm³/mol. The number of ether oxygens (including phenoxy) is 2. The lowest BCUT2D eigenvalue weighted by Gasteiger charge is -2.13. The summed E-state index contributed by atoms with van der Waals surface area (Å²) in [6, 6.07) is 6.35. The van der Waals surface area contributed by atoms with E-state index in [1.165, 1.54) is 6.07 Å². The van der Waals surface area contributed by atoms with Crippen LogP contribution >= 0.6 is 24.0 Å². The van der Waals surface area contributed by atoms with Crippen LogP contribution in [0.2, 0.25) is 0 Å². The van der Waals surface area contributed by atoms with E-state index in [4.69, 9.17) is 14.7 Å². The van der Waals surface area contributed by atoms with Crippen molar-refractivity contribution in [3.8, 4) is 6.07 Å². The van der Waals surface area contributed by atoms with Crippen molar-refractivity contribution in [2.24, 2.45) is 4.99 Å². The van der Waals surface area contributed by atoms with Gasteiger partial charge < -0.3 is 20.1 Å². The van der Waals surface area contributed by atoms with E-state index in [-0.39, 0.29) is 30.1 Å². The van der Waals surface area contributed by atoms with Crippen LogP contribution in [0, 0.1) is 17.1 Å². The first-order valence-corrected chi connectivity index (χ1v) is 8.05. The molecule has 0 amide bonds. The molecule has 2 rings (SSSR count). The zero-order valence-electron chi connectivity index (χ0n) is 14.3. The highest BCUT2D eigenvalue weighted by Gasteiger charge is 2.15. The molecule has 2 N–H and O–H groups in total. The van der Waals surface area contributed by atoms with E-state index in [9.17, 15) is 4.39 Å². The molecule has 0 aliphatic carbocycles. The van der Waals surface area contributed by atoms with Gasteiger partial charge in [0.2, 0.25) is 0 Å². The molecule has 8 heteroatoms. The molecule has 0 aromatic heterocycles. The van der Waals surface area contributed by atoms with Gasteiger partial charge in [0.15, 0.2) is 5.96 Å². The number of nitrogens with one attached hydrogen (secondary N) is 2. The number of hydrogen-bond acceptors (Lipinski definition) is 4. The van der Waals surface area contributed by atoms with Crippen LogP contribution in [-0.4, -0.2) is 45.5 Å². The summed E-state index contributed by atoms with van der Waals surface area (Å²) >= 11 is 0. The first kappa shape index (κ1) is 21.6. The van der Waals surface area contributed by atoms with Crippen LogP contribution in [0.5, 0.6) is 0 Å². The minimum atomic E-state index is -0.399. The van der Waals surface area contributed by atoms with Crippen molar-refractivity contribution < 1.29 is 13.9 Å². The fourth-order valence-electron chi connectivity index (χ4n) is 2.33. The maximum Gasteiger partial charge on any atom is 0.191 e. The van der Waals surface area contributed by atoms with Gasteiger partial charge in [0, 0.05) is 38.9 Å².